The fourth-order valence-corrected chi connectivity index (χ4v) is 2.65. The molecule has 1 N–H and O–H groups in total. The zero-order valence-electron chi connectivity index (χ0n) is 12.0. The maximum atomic E-state index is 9.91. The summed E-state index contributed by atoms with van der Waals surface area (Å²) in [7, 11) is 3.12. The molecule has 1 aliphatic carbocycles. The van der Waals surface area contributed by atoms with E-state index < -0.39 is 0 Å². The van der Waals surface area contributed by atoms with Crippen LogP contribution in [0.3, 0.4) is 0 Å². The van der Waals surface area contributed by atoms with E-state index in [1.54, 1.807) is 14.2 Å². The van der Waals surface area contributed by atoms with Crippen LogP contribution in [-0.4, -0.2) is 19.3 Å². The Bertz CT molecular complexity index is 464. The molecule has 0 saturated heterocycles. The summed E-state index contributed by atoms with van der Waals surface area (Å²) in [5, 5.41) is 9.91. The molecule has 3 heteroatoms. The zero-order valence-corrected chi connectivity index (χ0v) is 12.0. The molecule has 0 unspecified atom stereocenters. The molecule has 1 aliphatic rings. The van der Waals surface area contributed by atoms with Gasteiger partial charge < -0.3 is 14.6 Å². The van der Waals surface area contributed by atoms with E-state index >= 15 is 0 Å². The molecule has 1 aromatic rings. The minimum atomic E-state index is 0.0723. The third-order valence-electron chi connectivity index (χ3n) is 3.84. The van der Waals surface area contributed by atoms with Gasteiger partial charge in [0.25, 0.3) is 0 Å². The van der Waals surface area contributed by atoms with Crippen LogP contribution in [-0.2, 0) is 6.42 Å². The summed E-state index contributed by atoms with van der Waals surface area (Å²) in [5.41, 5.74) is 4.15. The largest absolute Gasteiger partial charge is 0.502 e. The van der Waals surface area contributed by atoms with Gasteiger partial charge in [0.1, 0.15) is 0 Å². The van der Waals surface area contributed by atoms with E-state index in [1.165, 1.54) is 36.8 Å². The van der Waals surface area contributed by atoms with Crippen LogP contribution in [0.2, 0.25) is 0 Å². The van der Waals surface area contributed by atoms with Gasteiger partial charge in [-0.2, -0.15) is 0 Å². The lowest BCUT2D eigenvalue weighted by Gasteiger charge is -2.18. The van der Waals surface area contributed by atoms with Crippen LogP contribution in [0.1, 0.15) is 38.2 Å². The summed E-state index contributed by atoms with van der Waals surface area (Å²) in [5.74, 6) is 1.02. The first-order valence-corrected chi connectivity index (χ1v) is 6.77. The van der Waals surface area contributed by atoms with Crippen molar-refractivity contribution in [3.05, 3.63) is 28.8 Å². The van der Waals surface area contributed by atoms with Crippen LogP contribution < -0.4 is 9.47 Å². The van der Waals surface area contributed by atoms with Gasteiger partial charge in [-0.3, -0.25) is 0 Å². The van der Waals surface area contributed by atoms with Crippen LogP contribution in [0.4, 0.5) is 0 Å². The number of hydrogen-bond acceptors (Lipinski definition) is 3. The Morgan fingerprint density at radius 2 is 1.63 bits per heavy atom. The summed E-state index contributed by atoms with van der Waals surface area (Å²) in [4.78, 5) is 0. The van der Waals surface area contributed by atoms with Crippen LogP contribution in [0.15, 0.2) is 23.3 Å². The van der Waals surface area contributed by atoms with Gasteiger partial charge in [0, 0.05) is 0 Å². The van der Waals surface area contributed by atoms with E-state index in [-0.39, 0.29) is 5.75 Å². The number of allylic oxidation sites excluding steroid dienone is 2. The molecule has 0 bridgehead atoms. The number of benzene rings is 1. The van der Waals surface area contributed by atoms with Crippen LogP contribution in [0, 0.1) is 0 Å². The Morgan fingerprint density at radius 1 is 1.05 bits per heavy atom. The van der Waals surface area contributed by atoms with E-state index in [4.69, 9.17) is 9.47 Å². The van der Waals surface area contributed by atoms with Crippen molar-refractivity contribution in [1.82, 2.24) is 0 Å². The molecule has 0 amide bonds. The molecule has 0 aliphatic heterocycles. The number of hydrogen-bond donors (Lipinski definition) is 1. The molecule has 0 radical (unpaired) electrons. The van der Waals surface area contributed by atoms with Crippen molar-refractivity contribution in [3.8, 4) is 17.2 Å². The maximum absolute atomic E-state index is 9.91. The maximum Gasteiger partial charge on any atom is 0.200 e. The average molecular weight is 262 g/mol. The molecular formula is C16H22O3. The Labute approximate surface area is 114 Å². The van der Waals surface area contributed by atoms with Gasteiger partial charge in [-0.25, -0.2) is 0 Å². The van der Waals surface area contributed by atoms with E-state index in [9.17, 15) is 5.11 Å². The van der Waals surface area contributed by atoms with Gasteiger partial charge in [0.05, 0.1) is 14.2 Å². The molecule has 1 aromatic carbocycles. The van der Waals surface area contributed by atoms with Crippen molar-refractivity contribution >= 4 is 0 Å². The Balaban J connectivity index is 2.30. The lowest BCUT2D eigenvalue weighted by atomic mass is 9.88. The molecular weight excluding hydrogens is 240 g/mol. The minimum absolute atomic E-state index is 0.0723. The first-order valence-electron chi connectivity index (χ1n) is 6.77. The molecule has 0 aromatic heterocycles. The summed E-state index contributed by atoms with van der Waals surface area (Å²) >= 11 is 0. The molecule has 104 valence electrons. The molecule has 0 saturated carbocycles. The highest BCUT2D eigenvalue weighted by atomic mass is 16.5. The second-order valence-corrected chi connectivity index (χ2v) is 5.12. The quantitative estimate of drug-likeness (QED) is 0.838. The van der Waals surface area contributed by atoms with Crippen molar-refractivity contribution < 1.29 is 14.6 Å². The highest BCUT2D eigenvalue weighted by Crippen LogP contribution is 2.38. The fourth-order valence-electron chi connectivity index (χ4n) is 2.65. The second kappa shape index (κ2) is 6.00. The van der Waals surface area contributed by atoms with Crippen molar-refractivity contribution in [2.24, 2.45) is 0 Å². The van der Waals surface area contributed by atoms with Crippen LogP contribution in [0.25, 0.3) is 0 Å². The fraction of sp³-hybridized carbons (Fsp3) is 0.500. The number of phenols is 1. The van der Waals surface area contributed by atoms with Crippen molar-refractivity contribution in [2.75, 3.05) is 14.2 Å². The molecule has 0 spiro atoms. The van der Waals surface area contributed by atoms with Crippen LogP contribution in [0.5, 0.6) is 17.2 Å². The Kier molecular flexibility index (Phi) is 4.35. The van der Waals surface area contributed by atoms with Crippen molar-refractivity contribution in [3.63, 3.8) is 0 Å². The predicted octanol–water partition coefficient (Wildman–Crippen LogP) is 3.84. The Hall–Kier alpha value is -1.64. The minimum Gasteiger partial charge on any atom is -0.502 e. The first kappa shape index (κ1) is 13.8. The second-order valence-electron chi connectivity index (χ2n) is 5.12. The highest BCUT2D eigenvalue weighted by molar-refractivity contribution is 5.53. The third kappa shape index (κ3) is 3.03. The van der Waals surface area contributed by atoms with Gasteiger partial charge in [-0.05, 0) is 56.7 Å². The topological polar surface area (TPSA) is 38.7 Å². The summed E-state index contributed by atoms with van der Waals surface area (Å²) < 4.78 is 10.4. The first-order chi connectivity index (χ1) is 9.15. The zero-order chi connectivity index (χ0) is 13.8. The molecule has 0 heterocycles. The number of methoxy groups -OCH3 is 2. The van der Waals surface area contributed by atoms with E-state index in [0.717, 1.165) is 12.0 Å². The molecule has 19 heavy (non-hydrogen) atoms. The normalized spacial score (nSPS) is 15.5. The van der Waals surface area contributed by atoms with Gasteiger partial charge in [0.2, 0.25) is 5.75 Å². The molecule has 2 rings (SSSR count). The van der Waals surface area contributed by atoms with Gasteiger partial charge in [-0.15, -0.1) is 0 Å². The van der Waals surface area contributed by atoms with E-state index in [0.29, 0.717) is 11.5 Å². The molecule has 0 atom stereocenters. The third-order valence-corrected chi connectivity index (χ3v) is 3.84. The summed E-state index contributed by atoms with van der Waals surface area (Å²) in [6.07, 6.45) is 5.88. The van der Waals surface area contributed by atoms with Gasteiger partial charge >= 0.3 is 0 Å². The summed E-state index contributed by atoms with van der Waals surface area (Å²) in [6, 6.07) is 3.79. The predicted molar refractivity (Wildman–Crippen MR) is 76.1 cm³/mol. The van der Waals surface area contributed by atoms with Crippen molar-refractivity contribution in [1.29, 1.82) is 0 Å². The molecule has 0 fully saturated rings. The van der Waals surface area contributed by atoms with Crippen LogP contribution >= 0.6 is 0 Å². The number of rotatable bonds is 4. The molecule has 3 nitrogen and oxygen atoms in total. The smallest absolute Gasteiger partial charge is 0.200 e. The van der Waals surface area contributed by atoms with E-state index in [2.05, 4.69) is 6.92 Å². The highest BCUT2D eigenvalue weighted by Gasteiger charge is 2.14. The average Bonchev–Trinajstić information content (AvgIpc) is 2.43. The lowest BCUT2D eigenvalue weighted by Crippen LogP contribution is -2.01. The number of ether oxygens (including phenoxy) is 2. The van der Waals surface area contributed by atoms with Crippen molar-refractivity contribution in [2.45, 2.75) is 39.0 Å². The number of phenolic OH excluding ortho intramolecular Hbond substituents is 1. The SMILES string of the molecule is COc1cc(CC2=C(C)CCCC2)cc(OC)c1O. The Morgan fingerprint density at radius 3 is 2.16 bits per heavy atom. The standard InChI is InChI=1S/C16H22O3/c1-11-6-4-5-7-13(11)8-12-9-14(18-2)16(17)15(10-12)19-3/h9-10,17H,4-8H2,1-3H3. The van der Waals surface area contributed by atoms with Gasteiger partial charge in [-0.1, -0.05) is 11.1 Å². The lowest BCUT2D eigenvalue weighted by molar-refractivity contribution is 0.339. The van der Waals surface area contributed by atoms with E-state index in [1.807, 2.05) is 12.1 Å². The van der Waals surface area contributed by atoms with Gasteiger partial charge in [0.15, 0.2) is 11.5 Å². The summed E-state index contributed by atoms with van der Waals surface area (Å²) in [6.45, 7) is 2.23. The number of aromatic hydroxyl groups is 1. The monoisotopic (exact) mass is 262 g/mol.